The maximum atomic E-state index is 12.6. The van der Waals surface area contributed by atoms with E-state index in [9.17, 15) is 13.5 Å². The average Bonchev–Trinajstić information content (AvgIpc) is 2.82. The molecule has 3 rings (SSSR count). The number of phenols is 1. The molecule has 0 aromatic heterocycles. The van der Waals surface area contributed by atoms with E-state index in [1.165, 1.54) is 16.4 Å². The van der Waals surface area contributed by atoms with Crippen molar-refractivity contribution in [2.45, 2.75) is 24.9 Å². The largest absolute Gasteiger partial charge is 0.507 e. The van der Waals surface area contributed by atoms with Crippen LogP contribution in [0.25, 0.3) is 0 Å². The summed E-state index contributed by atoms with van der Waals surface area (Å²) in [6.45, 7) is 2.51. The van der Waals surface area contributed by atoms with Gasteiger partial charge in [-0.3, -0.25) is 0 Å². The zero-order valence-electron chi connectivity index (χ0n) is 11.1. The van der Waals surface area contributed by atoms with Crippen molar-refractivity contribution < 1.29 is 13.5 Å². The van der Waals surface area contributed by atoms with Crippen LogP contribution in [-0.2, 0) is 23.1 Å². The summed E-state index contributed by atoms with van der Waals surface area (Å²) in [5.41, 5.74) is 2.86. The molecule has 0 unspecified atom stereocenters. The van der Waals surface area contributed by atoms with Crippen LogP contribution in [0.2, 0.25) is 0 Å². The average molecular weight is 289 g/mol. The number of aryl methyl sites for hydroxylation is 1. The van der Waals surface area contributed by atoms with Crippen molar-refractivity contribution in [2.24, 2.45) is 0 Å². The molecule has 0 fully saturated rings. The van der Waals surface area contributed by atoms with Crippen molar-refractivity contribution in [1.29, 1.82) is 0 Å². The summed E-state index contributed by atoms with van der Waals surface area (Å²) < 4.78 is 26.6. The SMILES string of the molecule is Cc1ccc(S(=O)(=O)N2Cc3ccccc3C2)c(O)c1. The van der Waals surface area contributed by atoms with Gasteiger partial charge in [-0.25, -0.2) is 8.42 Å². The molecule has 0 amide bonds. The number of phenolic OH excluding ortho intramolecular Hbond substituents is 1. The summed E-state index contributed by atoms with van der Waals surface area (Å²) in [5.74, 6) is -0.194. The van der Waals surface area contributed by atoms with E-state index in [2.05, 4.69) is 0 Å². The predicted molar refractivity (Wildman–Crippen MR) is 75.7 cm³/mol. The first-order chi connectivity index (χ1) is 9.48. The first-order valence-corrected chi connectivity index (χ1v) is 7.79. The molecule has 0 saturated heterocycles. The molecule has 1 N–H and O–H groups in total. The zero-order valence-corrected chi connectivity index (χ0v) is 11.9. The molecule has 0 aliphatic carbocycles. The van der Waals surface area contributed by atoms with Gasteiger partial charge in [0.05, 0.1) is 0 Å². The van der Waals surface area contributed by atoms with Gasteiger partial charge in [0, 0.05) is 13.1 Å². The lowest BCUT2D eigenvalue weighted by atomic mass is 10.1. The molecule has 0 atom stereocenters. The molecule has 2 aromatic rings. The van der Waals surface area contributed by atoms with Crippen LogP contribution in [-0.4, -0.2) is 17.8 Å². The third-order valence-corrected chi connectivity index (χ3v) is 5.38. The molecule has 0 saturated carbocycles. The van der Waals surface area contributed by atoms with E-state index in [4.69, 9.17) is 0 Å². The molecular weight excluding hydrogens is 274 g/mol. The van der Waals surface area contributed by atoms with Crippen molar-refractivity contribution >= 4 is 10.0 Å². The number of sulfonamides is 1. The summed E-state index contributed by atoms with van der Waals surface area (Å²) in [6.07, 6.45) is 0. The molecular formula is C15H15NO3S. The van der Waals surface area contributed by atoms with Gasteiger partial charge < -0.3 is 5.11 Å². The topological polar surface area (TPSA) is 57.6 Å². The number of hydrogen-bond donors (Lipinski definition) is 1. The summed E-state index contributed by atoms with van der Waals surface area (Å²) in [7, 11) is -3.67. The van der Waals surface area contributed by atoms with Gasteiger partial charge >= 0.3 is 0 Å². The van der Waals surface area contributed by atoms with Crippen LogP contribution in [0.3, 0.4) is 0 Å². The maximum absolute atomic E-state index is 12.6. The Morgan fingerprint density at radius 3 is 2.20 bits per heavy atom. The molecule has 104 valence electrons. The number of aromatic hydroxyl groups is 1. The lowest BCUT2D eigenvalue weighted by molar-refractivity contribution is 0.419. The van der Waals surface area contributed by atoms with Gasteiger partial charge in [-0.1, -0.05) is 30.3 Å². The predicted octanol–water partition coefficient (Wildman–Crippen LogP) is 2.41. The first kappa shape index (κ1) is 13.1. The second kappa shape index (κ2) is 4.61. The zero-order chi connectivity index (χ0) is 14.3. The molecule has 1 heterocycles. The van der Waals surface area contributed by atoms with Crippen molar-refractivity contribution in [2.75, 3.05) is 0 Å². The highest BCUT2D eigenvalue weighted by atomic mass is 32.2. The van der Waals surface area contributed by atoms with Crippen molar-refractivity contribution in [1.82, 2.24) is 4.31 Å². The number of hydrogen-bond acceptors (Lipinski definition) is 3. The van der Waals surface area contributed by atoms with Crippen molar-refractivity contribution in [3.05, 3.63) is 59.2 Å². The fourth-order valence-electron chi connectivity index (χ4n) is 2.46. The third kappa shape index (κ3) is 2.09. The Balaban J connectivity index is 1.99. The Morgan fingerprint density at radius 2 is 1.65 bits per heavy atom. The Kier molecular flexibility index (Phi) is 3.03. The maximum Gasteiger partial charge on any atom is 0.247 e. The minimum atomic E-state index is -3.67. The van der Waals surface area contributed by atoms with Crippen LogP contribution in [0.4, 0.5) is 0 Å². The van der Waals surface area contributed by atoms with Crippen LogP contribution in [0.5, 0.6) is 5.75 Å². The Morgan fingerprint density at radius 1 is 1.05 bits per heavy atom. The van der Waals surface area contributed by atoms with E-state index in [1.807, 2.05) is 31.2 Å². The summed E-state index contributed by atoms with van der Waals surface area (Å²) in [6, 6.07) is 12.3. The number of nitrogens with zero attached hydrogens (tertiary/aromatic N) is 1. The lowest BCUT2D eigenvalue weighted by Gasteiger charge is -2.16. The Bertz CT molecular complexity index is 743. The molecule has 2 aromatic carbocycles. The van der Waals surface area contributed by atoms with Gasteiger partial charge in [0.2, 0.25) is 10.0 Å². The lowest BCUT2D eigenvalue weighted by Crippen LogP contribution is -2.25. The molecule has 0 bridgehead atoms. The van der Waals surface area contributed by atoms with Gasteiger partial charge in [0.1, 0.15) is 10.6 Å². The standard InChI is InChI=1S/C15H15NO3S/c1-11-6-7-15(14(17)8-11)20(18,19)16-9-12-4-2-3-5-13(12)10-16/h2-8,17H,9-10H2,1H3. The van der Waals surface area contributed by atoms with E-state index in [0.29, 0.717) is 13.1 Å². The highest BCUT2D eigenvalue weighted by Gasteiger charge is 2.32. The van der Waals surface area contributed by atoms with E-state index in [0.717, 1.165) is 16.7 Å². The molecule has 20 heavy (non-hydrogen) atoms. The van der Waals surface area contributed by atoms with Crippen molar-refractivity contribution in [3.63, 3.8) is 0 Å². The minimum absolute atomic E-state index is 0.0316. The smallest absolute Gasteiger partial charge is 0.247 e. The van der Waals surface area contributed by atoms with E-state index in [1.54, 1.807) is 6.07 Å². The molecule has 0 radical (unpaired) electrons. The van der Waals surface area contributed by atoms with Gasteiger partial charge in [-0.15, -0.1) is 0 Å². The fourth-order valence-corrected chi connectivity index (χ4v) is 3.92. The normalized spacial score (nSPS) is 15.2. The van der Waals surface area contributed by atoms with Gasteiger partial charge in [-0.05, 0) is 35.7 Å². The highest BCUT2D eigenvalue weighted by Crippen LogP contribution is 2.32. The fraction of sp³-hybridized carbons (Fsp3) is 0.200. The monoisotopic (exact) mass is 289 g/mol. The van der Waals surface area contributed by atoms with Crippen LogP contribution in [0, 0.1) is 6.92 Å². The summed E-state index contributed by atoms with van der Waals surface area (Å²) in [4.78, 5) is -0.0316. The Labute approximate surface area is 118 Å². The van der Waals surface area contributed by atoms with Crippen molar-refractivity contribution in [3.8, 4) is 5.75 Å². The molecule has 5 heteroatoms. The number of rotatable bonds is 2. The van der Waals surface area contributed by atoms with Crippen LogP contribution in [0.1, 0.15) is 16.7 Å². The molecule has 0 spiro atoms. The quantitative estimate of drug-likeness (QED) is 0.923. The second-order valence-corrected chi connectivity index (χ2v) is 6.92. The van der Waals surface area contributed by atoms with Crippen LogP contribution >= 0.6 is 0 Å². The molecule has 1 aliphatic heterocycles. The number of fused-ring (bicyclic) bond motifs is 1. The van der Waals surface area contributed by atoms with E-state index in [-0.39, 0.29) is 10.6 Å². The third-order valence-electron chi connectivity index (χ3n) is 3.54. The minimum Gasteiger partial charge on any atom is -0.507 e. The molecule has 4 nitrogen and oxygen atoms in total. The Hall–Kier alpha value is -1.85. The van der Waals surface area contributed by atoms with Gasteiger partial charge in [0.25, 0.3) is 0 Å². The van der Waals surface area contributed by atoms with E-state index < -0.39 is 10.0 Å². The second-order valence-electron chi connectivity index (χ2n) is 5.01. The summed E-state index contributed by atoms with van der Waals surface area (Å²) in [5, 5.41) is 9.90. The van der Waals surface area contributed by atoms with Gasteiger partial charge in [0.15, 0.2) is 0 Å². The highest BCUT2D eigenvalue weighted by molar-refractivity contribution is 7.89. The van der Waals surface area contributed by atoms with E-state index >= 15 is 0 Å². The van der Waals surface area contributed by atoms with Gasteiger partial charge in [-0.2, -0.15) is 4.31 Å². The molecule has 1 aliphatic rings. The number of benzene rings is 2. The van der Waals surface area contributed by atoms with Crippen LogP contribution < -0.4 is 0 Å². The van der Waals surface area contributed by atoms with Crippen LogP contribution in [0.15, 0.2) is 47.4 Å². The first-order valence-electron chi connectivity index (χ1n) is 6.35. The summed E-state index contributed by atoms with van der Waals surface area (Å²) >= 11 is 0.